The number of hydrogen-bond acceptors (Lipinski definition) is 3. The van der Waals surface area contributed by atoms with Crippen LogP contribution in [0.15, 0.2) is 188 Å². The van der Waals surface area contributed by atoms with E-state index in [9.17, 15) is 0 Å². The maximum Gasteiger partial charge on any atom is 0.134 e. The van der Waals surface area contributed by atoms with Crippen LogP contribution in [-0.4, -0.2) is 0 Å². The summed E-state index contributed by atoms with van der Waals surface area (Å²) in [6.07, 6.45) is 0. The van der Waals surface area contributed by atoms with Crippen LogP contribution in [0.5, 0.6) is 11.5 Å². The Morgan fingerprint density at radius 1 is 0.407 bits per heavy atom. The largest absolute Gasteiger partial charge is 0.457 e. The van der Waals surface area contributed by atoms with Crippen molar-refractivity contribution in [2.75, 3.05) is 4.90 Å². The fourth-order valence-electron chi connectivity index (χ4n) is 9.51. The quantitative estimate of drug-likeness (QED) is 0.181. The van der Waals surface area contributed by atoms with Gasteiger partial charge in [0.15, 0.2) is 0 Å². The lowest BCUT2D eigenvalue weighted by Gasteiger charge is -2.45. The van der Waals surface area contributed by atoms with E-state index in [2.05, 4.69) is 193 Å². The molecule has 0 bridgehead atoms. The molecule has 2 aliphatic rings. The van der Waals surface area contributed by atoms with Crippen molar-refractivity contribution in [3.63, 3.8) is 0 Å². The fraction of sp³-hybridized carbons (Fsp3) is 0.0196. The van der Waals surface area contributed by atoms with Crippen molar-refractivity contribution in [3.05, 3.63) is 210 Å². The molecule has 0 saturated heterocycles. The third-order valence-electron chi connectivity index (χ3n) is 11.7. The van der Waals surface area contributed by atoms with Gasteiger partial charge in [0.05, 0.1) is 11.1 Å². The van der Waals surface area contributed by atoms with Crippen molar-refractivity contribution in [1.29, 1.82) is 0 Å². The second-order valence-electron chi connectivity index (χ2n) is 14.4. The first kappa shape index (κ1) is 29.9. The Morgan fingerprint density at radius 3 is 1.98 bits per heavy atom. The summed E-state index contributed by atoms with van der Waals surface area (Å²) in [6, 6.07) is 68.9. The van der Waals surface area contributed by atoms with E-state index < -0.39 is 5.41 Å². The number of ether oxygens (including phenoxy) is 1. The molecule has 0 saturated carbocycles. The summed E-state index contributed by atoms with van der Waals surface area (Å²) in [5.41, 5.74) is 10.1. The number of rotatable bonds is 3. The van der Waals surface area contributed by atoms with Crippen molar-refractivity contribution < 1.29 is 4.74 Å². The predicted molar refractivity (Wildman–Crippen MR) is 226 cm³/mol. The van der Waals surface area contributed by atoms with Gasteiger partial charge in [0.2, 0.25) is 0 Å². The fourth-order valence-corrected chi connectivity index (χ4v) is 10.6. The average Bonchev–Trinajstić information content (AvgIpc) is 3.60. The van der Waals surface area contributed by atoms with Gasteiger partial charge in [0.1, 0.15) is 11.5 Å². The van der Waals surface area contributed by atoms with Gasteiger partial charge >= 0.3 is 0 Å². The highest BCUT2D eigenvalue weighted by atomic mass is 32.1. The van der Waals surface area contributed by atoms with Crippen LogP contribution in [0.3, 0.4) is 0 Å². The van der Waals surface area contributed by atoms with Gasteiger partial charge in [-0.1, -0.05) is 146 Å². The van der Waals surface area contributed by atoms with E-state index >= 15 is 0 Å². The maximum atomic E-state index is 7.04. The Kier molecular flexibility index (Phi) is 6.17. The third kappa shape index (κ3) is 3.99. The van der Waals surface area contributed by atoms with Crippen LogP contribution in [0.25, 0.3) is 52.8 Å². The number of hydrogen-bond donors (Lipinski definition) is 0. The van der Waals surface area contributed by atoms with E-state index in [1.54, 1.807) is 0 Å². The number of fused-ring (bicyclic) bond motifs is 12. The Morgan fingerprint density at radius 2 is 1.04 bits per heavy atom. The highest BCUT2D eigenvalue weighted by molar-refractivity contribution is 7.25. The van der Waals surface area contributed by atoms with Crippen molar-refractivity contribution in [2.45, 2.75) is 5.41 Å². The molecule has 2 nitrogen and oxygen atoms in total. The summed E-state index contributed by atoms with van der Waals surface area (Å²) in [6.45, 7) is 0. The predicted octanol–water partition coefficient (Wildman–Crippen LogP) is 14.3. The van der Waals surface area contributed by atoms with E-state index in [0.29, 0.717) is 0 Å². The molecule has 2 heterocycles. The molecule has 12 rings (SSSR count). The zero-order valence-electron chi connectivity index (χ0n) is 29.2. The van der Waals surface area contributed by atoms with Crippen molar-refractivity contribution in [2.24, 2.45) is 0 Å². The summed E-state index contributed by atoms with van der Waals surface area (Å²) in [5, 5.41) is 7.54. The summed E-state index contributed by atoms with van der Waals surface area (Å²) in [7, 11) is 0. The van der Waals surface area contributed by atoms with Crippen LogP contribution in [0, 0.1) is 0 Å². The van der Waals surface area contributed by atoms with Gasteiger partial charge in [-0.2, -0.15) is 0 Å². The van der Waals surface area contributed by atoms with Crippen LogP contribution in [0.4, 0.5) is 17.1 Å². The molecule has 1 spiro atoms. The zero-order valence-corrected chi connectivity index (χ0v) is 30.0. The summed E-state index contributed by atoms with van der Waals surface area (Å²) >= 11 is 1.85. The molecule has 1 aliphatic carbocycles. The molecule has 1 atom stereocenters. The van der Waals surface area contributed by atoms with Gasteiger partial charge in [0, 0.05) is 54.1 Å². The molecule has 0 N–H and O–H groups in total. The van der Waals surface area contributed by atoms with Crippen molar-refractivity contribution >= 4 is 70.1 Å². The molecule has 252 valence electrons. The topological polar surface area (TPSA) is 12.5 Å². The average molecular weight is 706 g/mol. The lowest BCUT2D eigenvalue weighted by molar-refractivity contribution is 0.435. The van der Waals surface area contributed by atoms with Crippen molar-refractivity contribution in [3.8, 4) is 22.6 Å². The number of thiophene rings is 1. The lowest BCUT2D eigenvalue weighted by Crippen LogP contribution is -2.36. The highest BCUT2D eigenvalue weighted by Gasteiger charge is 2.49. The first-order valence-electron chi connectivity index (χ1n) is 18.5. The summed E-state index contributed by atoms with van der Waals surface area (Å²) in [4.78, 5) is 2.41. The minimum absolute atomic E-state index is 0.576. The standard InChI is InChI=1S/C51H31NOS/c1-2-16-36-32(12-1)13-11-23-45(36)52(35-26-28-39-38-18-4-8-25-48(38)54-49(39)31-35)34-27-29-43-47(30-34)53-46-24-7-6-21-42(46)51(43)41-20-5-3-17-37(41)40-19-9-14-33-15-10-22-44(51)50(33)40/h1-31H. The molecule has 1 unspecified atom stereocenters. The van der Waals surface area contributed by atoms with Gasteiger partial charge in [-0.05, 0) is 74.8 Å². The van der Waals surface area contributed by atoms with Crippen LogP contribution in [0.1, 0.15) is 22.3 Å². The number of nitrogens with zero attached hydrogens (tertiary/aromatic N) is 1. The van der Waals surface area contributed by atoms with Gasteiger partial charge in [0.25, 0.3) is 0 Å². The molecule has 0 radical (unpaired) electrons. The second-order valence-corrected chi connectivity index (χ2v) is 15.5. The molecular formula is C51H31NOS. The Bertz CT molecular complexity index is 3160. The van der Waals surface area contributed by atoms with Gasteiger partial charge < -0.3 is 9.64 Å². The minimum atomic E-state index is -0.576. The molecule has 3 heteroatoms. The van der Waals surface area contributed by atoms with Crippen LogP contribution >= 0.6 is 11.3 Å². The zero-order chi connectivity index (χ0) is 35.4. The van der Waals surface area contributed by atoms with E-state index in [-0.39, 0.29) is 0 Å². The molecule has 1 aliphatic heterocycles. The van der Waals surface area contributed by atoms with Crippen LogP contribution in [-0.2, 0) is 5.41 Å². The Hall–Kier alpha value is -6.68. The molecule has 10 aromatic rings. The molecule has 0 amide bonds. The smallest absolute Gasteiger partial charge is 0.134 e. The molecular weight excluding hydrogens is 675 g/mol. The summed E-state index contributed by atoms with van der Waals surface area (Å²) in [5.74, 6) is 1.75. The summed E-state index contributed by atoms with van der Waals surface area (Å²) < 4.78 is 9.61. The van der Waals surface area contributed by atoms with Crippen LogP contribution < -0.4 is 9.64 Å². The van der Waals surface area contributed by atoms with Gasteiger partial charge in [-0.25, -0.2) is 0 Å². The first-order chi connectivity index (χ1) is 26.8. The normalized spacial score (nSPS) is 15.3. The minimum Gasteiger partial charge on any atom is -0.457 e. The Labute approximate surface area is 316 Å². The Balaban J connectivity index is 1.15. The second kappa shape index (κ2) is 11.2. The van der Waals surface area contributed by atoms with E-state index in [1.165, 1.54) is 69.5 Å². The first-order valence-corrected chi connectivity index (χ1v) is 19.3. The van der Waals surface area contributed by atoms with Crippen molar-refractivity contribution in [1.82, 2.24) is 0 Å². The van der Waals surface area contributed by atoms with Gasteiger partial charge in [-0.15, -0.1) is 11.3 Å². The molecule has 1 aromatic heterocycles. The van der Waals surface area contributed by atoms with E-state index in [1.807, 2.05) is 11.3 Å². The third-order valence-corrected chi connectivity index (χ3v) is 12.8. The maximum absolute atomic E-state index is 7.04. The monoisotopic (exact) mass is 705 g/mol. The van der Waals surface area contributed by atoms with E-state index in [4.69, 9.17) is 4.74 Å². The highest BCUT2D eigenvalue weighted by Crippen LogP contribution is 2.61. The number of para-hydroxylation sites is 1. The van der Waals surface area contributed by atoms with E-state index in [0.717, 1.165) is 34.1 Å². The number of anilines is 3. The van der Waals surface area contributed by atoms with Gasteiger partial charge in [-0.3, -0.25) is 0 Å². The molecule has 54 heavy (non-hydrogen) atoms. The molecule has 0 fully saturated rings. The lowest BCUT2D eigenvalue weighted by atomic mass is 9.58. The molecule has 9 aromatic carbocycles. The number of benzene rings is 9. The van der Waals surface area contributed by atoms with Crippen LogP contribution in [0.2, 0.25) is 0 Å². The SMILES string of the molecule is c1ccc2c(c1)Oc1cc(N(c3ccc4c(c3)sc3ccccc34)c3cccc4ccccc34)ccc1C21c2ccccc2-c2cccc3cccc1c23.